The van der Waals surface area contributed by atoms with Crippen molar-refractivity contribution in [1.29, 1.82) is 0 Å². The summed E-state index contributed by atoms with van der Waals surface area (Å²) in [5.41, 5.74) is 3.10. The highest BCUT2D eigenvalue weighted by atomic mass is 35.5. The van der Waals surface area contributed by atoms with Crippen molar-refractivity contribution < 1.29 is 4.79 Å². The highest BCUT2D eigenvalue weighted by Crippen LogP contribution is 2.29. The summed E-state index contributed by atoms with van der Waals surface area (Å²) in [6, 6.07) is 3.90. The average molecular weight is 254 g/mol. The monoisotopic (exact) mass is 253 g/mol. The van der Waals surface area contributed by atoms with E-state index in [9.17, 15) is 4.79 Å². The minimum atomic E-state index is 0.0687. The van der Waals surface area contributed by atoms with Gasteiger partial charge in [-0.25, -0.2) is 0 Å². The van der Waals surface area contributed by atoms with E-state index >= 15 is 0 Å². The molecule has 0 spiro atoms. The summed E-state index contributed by atoms with van der Waals surface area (Å²) in [5, 5.41) is 3.73. The number of halogens is 1. The second-order valence-corrected chi connectivity index (χ2v) is 4.47. The van der Waals surface area contributed by atoms with Gasteiger partial charge in [-0.15, -0.1) is 0 Å². The van der Waals surface area contributed by atoms with E-state index in [0.717, 1.165) is 41.1 Å². The largest absolute Gasteiger partial charge is 0.326 e. The number of nitrogens with one attached hydrogen (secondary N) is 1. The van der Waals surface area contributed by atoms with Gasteiger partial charge in [0, 0.05) is 17.1 Å². The van der Waals surface area contributed by atoms with Crippen molar-refractivity contribution in [3.63, 3.8) is 0 Å². The van der Waals surface area contributed by atoms with Gasteiger partial charge in [-0.2, -0.15) is 0 Å². The number of rotatable bonds is 5. The van der Waals surface area contributed by atoms with Crippen LogP contribution >= 0.6 is 11.6 Å². The Labute approximate surface area is 108 Å². The van der Waals surface area contributed by atoms with Crippen molar-refractivity contribution in [3.8, 4) is 0 Å². The van der Waals surface area contributed by atoms with E-state index in [1.165, 1.54) is 0 Å². The van der Waals surface area contributed by atoms with Crippen LogP contribution in [0.5, 0.6) is 0 Å². The Morgan fingerprint density at radius 2 is 1.94 bits per heavy atom. The lowest BCUT2D eigenvalue weighted by atomic mass is 10.0. The Morgan fingerprint density at radius 3 is 2.47 bits per heavy atom. The molecule has 1 aromatic carbocycles. The number of aryl methyl sites for hydroxylation is 1. The molecule has 0 heterocycles. The van der Waals surface area contributed by atoms with Gasteiger partial charge in [0.05, 0.1) is 0 Å². The van der Waals surface area contributed by atoms with E-state index in [4.69, 9.17) is 11.6 Å². The maximum Gasteiger partial charge on any atom is 0.224 e. The van der Waals surface area contributed by atoms with Gasteiger partial charge in [-0.3, -0.25) is 4.79 Å². The summed E-state index contributed by atoms with van der Waals surface area (Å²) < 4.78 is 0. The highest BCUT2D eigenvalue weighted by molar-refractivity contribution is 6.31. The summed E-state index contributed by atoms with van der Waals surface area (Å²) in [6.45, 7) is 6.13. The normalized spacial score (nSPS) is 10.4. The van der Waals surface area contributed by atoms with E-state index in [0.29, 0.717) is 6.42 Å². The van der Waals surface area contributed by atoms with Gasteiger partial charge in [0.2, 0.25) is 5.91 Å². The smallest absolute Gasteiger partial charge is 0.224 e. The zero-order valence-corrected chi connectivity index (χ0v) is 11.5. The Hall–Kier alpha value is -1.02. The van der Waals surface area contributed by atoms with Crippen LogP contribution in [0.2, 0.25) is 5.02 Å². The Kier molecular flexibility index (Phi) is 5.49. The molecule has 17 heavy (non-hydrogen) atoms. The van der Waals surface area contributed by atoms with E-state index in [-0.39, 0.29) is 5.91 Å². The van der Waals surface area contributed by atoms with Gasteiger partial charge in [-0.05, 0) is 36.5 Å². The molecule has 0 fully saturated rings. The number of benzene rings is 1. The van der Waals surface area contributed by atoms with Crippen LogP contribution in [-0.4, -0.2) is 5.91 Å². The molecule has 0 saturated heterocycles. The van der Waals surface area contributed by atoms with Crippen LogP contribution in [0.4, 0.5) is 5.69 Å². The highest BCUT2D eigenvalue weighted by Gasteiger charge is 2.12. The molecule has 1 N–H and O–H groups in total. The number of carbonyl (C=O) groups excluding carboxylic acids is 1. The zero-order valence-electron chi connectivity index (χ0n) is 10.8. The molecule has 0 aliphatic heterocycles. The SMILES string of the molecule is CCCC(=O)Nc1c(CC)ccc(Cl)c1CC. The molecule has 1 rings (SSSR count). The second kappa shape index (κ2) is 6.65. The topological polar surface area (TPSA) is 29.1 Å². The van der Waals surface area contributed by atoms with Crippen LogP contribution < -0.4 is 5.32 Å². The molecular formula is C14H20ClNO. The number of hydrogen-bond acceptors (Lipinski definition) is 1. The summed E-state index contributed by atoms with van der Waals surface area (Å²) in [7, 11) is 0. The Bertz CT molecular complexity index is 401. The fraction of sp³-hybridized carbons (Fsp3) is 0.500. The van der Waals surface area contributed by atoms with Crippen LogP contribution in [0.25, 0.3) is 0 Å². The molecule has 1 aromatic rings. The third-order valence-corrected chi connectivity index (χ3v) is 3.17. The Balaban J connectivity index is 3.09. The van der Waals surface area contributed by atoms with E-state index in [1.54, 1.807) is 0 Å². The molecule has 2 nitrogen and oxygen atoms in total. The first-order valence-electron chi connectivity index (χ1n) is 6.24. The van der Waals surface area contributed by atoms with Crippen LogP contribution in [0.3, 0.4) is 0 Å². The quantitative estimate of drug-likeness (QED) is 0.837. The molecule has 0 atom stereocenters. The molecule has 0 saturated carbocycles. The third-order valence-electron chi connectivity index (χ3n) is 2.82. The predicted octanol–water partition coefficient (Wildman–Crippen LogP) is 4.20. The van der Waals surface area contributed by atoms with E-state index < -0.39 is 0 Å². The predicted molar refractivity (Wildman–Crippen MR) is 73.7 cm³/mol. The number of amides is 1. The second-order valence-electron chi connectivity index (χ2n) is 4.07. The molecule has 0 bridgehead atoms. The van der Waals surface area contributed by atoms with Gasteiger partial charge in [0.25, 0.3) is 0 Å². The summed E-state index contributed by atoms with van der Waals surface area (Å²) >= 11 is 6.17. The lowest BCUT2D eigenvalue weighted by Crippen LogP contribution is -2.14. The lowest BCUT2D eigenvalue weighted by Gasteiger charge is -2.15. The van der Waals surface area contributed by atoms with Crippen molar-refractivity contribution in [2.24, 2.45) is 0 Å². The first-order valence-corrected chi connectivity index (χ1v) is 6.61. The Morgan fingerprint density at radius 1 is 1.24 bits per heavy atom. The van der Waals surface area contributed by atoms with Gasteiger partial charge in [0.15, 0.2) is 0 Å². The van der Waals surface area contributed by atoms with Gasteiger partial charge >= 0.3 is 0 Å². The first kappa shape index (κ1) is 14.0. The average Bonchev–Trinajstić information content (AvgIpc) is 2.30. The van der Waals surface area contributed by atoms with E-state index in [2.05, 4.69) is 19.2 Å². The van der Waals surface area contributed by atoms with Crippen molar-refractivity contribution in [2.75, 3.05) is 5.32 Å². The van der Waals surface area contributed by atoms with Crippen LogP contribution in [-0.2, 0) is 17.6 Å². The van der Waals surface area contributed by atoms with Gasteiger partial charge < -0.3 is 5.32 Å². The maximum absolute atomic E-state index is 11.7. The summed E-state index contributed by atoms with van der Waals surface area (Å²) in [5.74, 6) is 0.0687. The van der Waals surface area contributed by atoms with Crippen LogP contribution in [0, 0.1) is 0 Å². The van der Waals surface area contributed by atoms with Crippen LogP contribution in [0.1, 0.15) is 44.7 Å². The number of anilines is 1. The van der Waals surface area contributed by atoms with Crippen molar-refractivity contribution in [3.05, 3.63) is 28.3 Å². The molecule has 1 amide bonds. The fourth-order valence-electron chi connectivity index (χ4n) is 1.90. The van der Waals surface area contributed by atoms with Crippen molar-refractivity contribution in [1.82, 2.24) is 0 Å². The molecule has 94 valence electrons. The lowest BCUT2D eigenvalue weighted by molar-refractivity contribution is -0.116. The molecule has 0 aliphatic rings. The minimum Gasteiger partial charge on any atom is -0.326 e. The first-order chi connectivity index (χ1) is 8.13. The molecule has 0 aliphatic carbocycles. The van der Waals surface area contributed by atoms with Crippen LogP contribution in [0.15, 0.2) is 12.1 Å². The van der Waals surface area contributed by atoms with Crippen molar-refractivity contribution in [2.45, 2.75) is 46.5 Å². The van der Waals surface area contributed by atoms with Crippen molar-refractivity contribution >= 4 is 23.2 Å². The summed E-state index contributed by atoms with van der Waals surface area (Å²) in [4.78, 5) is 11.7. The fourth-order valence-corrected chi connectivity index (χ4v) is 2.19. The third kappa shape index (κ3) is 3.47. The van der Waals surface area contributed by atoms with Gasteiger partial charge in [-0.1, -0.05) is 38.4 Å². The molecule has 0 aromatic heterocycles. The number of hydrogen-bond donors (Lipinski definition) is 1. The minimum absolute atomic E-state index is 0.0687. The van der Waals surface area contributed by atoms with Gasteiger partial charge in [0.1, 0.15) is 0 Å². The summed E-state index contributed by atoms with van der Waals surface area (Å²) in [6.07, 6.45) is 3.13. The molecule has 0 unspecified atom stereocenters. The zero-order chi connectivity index (χ0) is 12.8. The molecule has 0 radical (unpaired) electrons. The molecule has 3 heteroatoms. The molecular weight excluding hydrogens is 234 g/mol. The number of carbonyl (C=O) groups is 1. The standard InChI is InChI=1S/C14H20ClNO/c1-4-7-13(17)16-14-10(5-2)8-9-12(15)11(14)6-3/h8-9H,4-7H2,1-3H3,(H,16,17). The maximum atomic E-state index is 11.7. The van der Waals surface area contributed by atoms with E-state index in [1.807, 2.05) is 19.1 Å².